The van der Waals surface area contributed by atoms with Crippen molar-refractivity contribution in [2.45, 2.75) is 13.5 Å². The Bertz CT molecular complexity index is 471. The van der Waals surface area contributed by atoms with E-state index in [2.05, 4.69) is 10.4 Å². The molecule has 2 aromatic rings. The first-order chi connectivity index (χ1) is 8.15. The maximum Gasteiger partial charge on any atom is 0.0814 e. The van der Waals surface area contributed by atoms with E-state index in [0.29, 0.717) is 5.02 Å². The van der Waals surface area contributed by atoms with Gasteiger partial charge in [-0.15, -0.1) is 0 Å². The van der Waals surface area contributed by atoms with Crippen LogP contribution in [-0.4, -0.2) is 16.3 Å². The summed E-state index contributed by atoms with van der Waals surface area (Å²) in [5, 5.41) is 9.01. The lowest BCUT2D eigenvalue weighted by molar-refractivity contribution is 0.632. The van der Waals surface area contributed by atoms with Crippen LogP contribution in [0.5, 0.6) is 0 Å². The van der Waals surface area contributed by atoms with Gasteiger partial charge in [0.05, 0.1) is 17.3 Å². The fraction of sp³-hybridized carbons (Fsp3) is 0.250. The van der Waals surface area contributed by atoms with Crippen molar-refractivity contribution in [3.8, 4) is 0 Å². The molecule has 1 heterocycles. The van der Waals surface area contributed by atoms with Gasteiger partial charge in [0.25, 0.3) is 0 Å². The van der Waals surface area contributed by atoms with E-state index in [0.717, 1.165) is 29.5 Å². The summed E-state index contributed by atoms with van der Waals surface area (Å²) in [5.41, 5.74) is 1.91. The summed E-state index contributed by atoms with van der Waals surface area (Å²) in [4.78, 5) is 0. The molecule has 0 aliphatic carbocycles. The summed E-state index contributed by atoms with van der Waals surface area (Å²) in [6, 6.07) is 7.62. The van der Waals surface area contributed by atoms with E-state index in [1.54, 1.807) is 0 Å². The molecule has 0 saturated heterocycles. The quantitative estimate of drug-likeness (QED) is 0.919. The maximum absolute atomic E-state index is 5.92. The number of anilines is 1. The SMILES string of the molecule is Cc1nn(CCNc2ccc(Cl)cc2)cc1Cl. The zero-order valence-corrected chi connectivity index (χ0v) is 11.0. The lowest BCUT2D eigenvalue weighted by Crippen LogP contribution is -2.10. The maximum atomic E-state index is 5.92. The van der Waals surface area contributed by atoms with Crippen LogP contribution in [-0.2, 0) is 6.54 Å². The summed E-state index contributed by atoms with van der Waals surface area (Å²) < 4.78 is 1.83. The Labute approximate surface area is 110 Å². The average molecular weight is 270 g/mol. The van der Waals surface area contributed by atoms with Crippen molar-refractivity contribution >= 4 is 28.9 Å². The molecule has 3 nitrogen and oxygen atoms in total. The minimum Gasteiger partial charge on any atom is -0.383 e. The van der Waals surface area contributed by atoms with Gasteiger partial charge in [0, 0.05) is 23.5 Å². The third-order valence-electron chi connectivity index (χ3n) is 2.40. The second-order valence-corrected chi connectivity index (χ2v) is 4.60. The Balaban J connectivity index is 1.85. The topological polar surface area (TPSA) is 29.9 Å². The lowest BCUT2D eigenvalue weighted by atomic mass is 10.3. The van der Waals surface area contributed by atoms with Crippen LogP contribution in [0.4, 0.5) is 5.69 Å². The molecule has 1 aromatic heterocycles. The van der Waals surface area contributed by atoms with Crippen molar-refractivity contribution in [2.75, 3.05) is 11.9 Å². The largest absolute Gasteiger partial charge is 0.383 e. The molecular weight excluding hydrogens is 257 g/mol. The highest BCUT2D eigenvalue weighted by molar-refractivity contribution is 6.31. The zero-order valence-electron chi connectivity index (χ0n) is 9.45. The van der Waals surface area contributed by atoms with Crippen LogP contribution in [0.25, 0.3) is 0 Å². The number of hydrogen-bond acceptors (Lipinski definition) is 2. The van der Waals surface area contributed by atoms with Crippen molar-refractivity contribution < 1.29 is 0 Å². The number of aryl methyl sites for hydroxylation is 1. The number of hydrogen-bond donors (Lipinski definition) is 1. The Morgan fingerprint density at radius 3 is 2.53 bits per heavy atom. The van der Waals surface area contributed by atoms with Crippen LogP contribution in [0.15, 0.2) is 30.5 Å². The first-order valence-electron chi connectivity index (χ1n) is 5.34. The highest BCUT2D eigenvalue weighted by Crippen LogP contribution is 2.14. The number of aromatic nitrogens is 2. The van der Waals surface area contributed by atoms with E-state index >= 15 is 0 Å². The molecule has 0 spiro atoms. The Kier molecular flexibility index (Phi) is 3.92. The van der Waals surface area contributed by atoms with Gasteiger partial charge in [-0.05, 0) is 31.2 Å². The number of nitrogens with zero attached hydrogens (tertiary/aromatic N) is 2. The molecule has 0 aliphatic heterocycles. The molecule has 0 aliphatic rings. The van der Waals surface area contributed by atoms with Crippen molar-refractivity contribution in [1.82, 2.24) is 9.78 Å². The van der Waals surface area contributed by atoms with Gasteiger partial charge in [-0.1, -0.05) is 23.2 Å². The van der Waals surface area contributed by atoms with E-state index in [1.165, 1.54) is 0 Å². The van der Waals surface area contributed by atoms with Gasteiger partial charge < -0.3 is 5.32 Å². The first-order valence-corrected chi connectivity index (χ1v) is 6.10. The predicted octanol–water partition coefficient (Wildman–Crippen LogP) is 3.61. The van der Waals surface area contributed by atoms with Crippen molar-refractivity contribution in [3.63, 3.8) is 0 Å². The molecule has 0 unspecified atom stereocenters. The molecule has 1 aromatic carbocycles. The first kappa shape index (κ1) is 12.3. The van der Waals surface area contributed by atoms with Crippen molar-refractivity contribution in [1.29, 1.82) is 0 Å². The fourth-order valence-electron chi connectivity index (χ4n) is 1.49. The van der Waals surface area contributed by atoms with Gasteiger partial charge in [0.2, 0.25) is 0 Å². The van der Waals surface area contributed by atoms with Crippen molar-refractivity contribution in [2.24, 2.45) is 0 Å². The zero-order chi connectivity index (χ0) is 12.3. The minimum atomic E-state index is 0.705. The number of benzene rings is 1. The Morgan fingerprint density at radius 2 is 1.94 bits per heavy atom. The second-order valence-electron chi connectivity index (χ2n) is 3.76. The third kappa shape index (κ3) is 3.38. The van der Waals surface area contributed by atoms with Gasteiger partial charge in [0.1, 0.15) is 0 Å². The highest BCUT2D eigenvalue weighted by atomic mass is 35.5. The molecule has 17 heavy (non-hydrogen) atoms. The van der Waals surface area contributed by atoms with Gasteiger partial charge >= 0.3 is 0 Å². The van der Waals surface area contributed by atoms with E-state index in [4.69, 9.17) is 23.2 Å². The highest BCUT2D eigenvalue weighted by Gasteiger charge is 2.00. The van der Waals surface area contributed by atoms with Crippen LogP contribution in [0.1, 0.15) is 5.69 Å². The molecular formula is C12H13Cl2N3. The standard InChI is InChI=1S/C12H13Cl2N3/c1-9-12(14)8-17(16-9)7-6-15-11-4-2-10(13)3-5-11/h2-5,8,15H,6-7H2,1H3. The molecule has 0 radical (unpaired) electrons. The number of halogens is 2. The average Bonchev–Trinajstić information content (AvgIpc) is 2.61. The Hall–Kier alpha value is -1.19. The molecule has 90 valence electrons. The summed E-state index contributed by atoms with van der Waals surface area (Å²) in [5.74, 6) is 0. The summed E-state index contributed by atoms with van der Waals surface area (Å²) >= 11 is 11.7. The van der Waals surface area contributed by atoms with E-state index in [-0.39, 0.29) is 0 Å². The van der Waals surface area contributed by atoms with Gasteiger partial charge in [-0.3, -0.25) is 4.68 Å². The number of nitrogens with one attached hydrogen (secondary N) is 1. The van der Waals surface area contributed by atoms with Crippen LogP contribution in [0, 0.1) is 6.92 Å². The van der Waals surface area contributed by atoms with Gasteiger partial charge in [0.15, 0.2) is 0 Å². The van der Waals surface area contributed by atoms with E-state index in [9.17, 15) is 0 Å². The fourth-order valence-corrected chi connectivity index (χ4v) is 1.77. The minimum absolute atomic E-state index is 0.705. The molecule has 0 saturated carbocycles. The monoisotopic (exact) mass is 269 g/mol. The summed E-state index contributed by atoms with van der Waals surface area (Å²) in [7, 11) is 0. The summed E-state index contributed by atoms with van der Waals surface area (Å²) in [6.45, 7) is 3.46. The lowest BCUT2D eigenvalue weighted by Gasteiger charge is -2.06. The third-order valence-corrected chi connectivity index (χ3v) is 3.02. The van der Waals surface area contributed by atoms with E-state index < -0.39 is 0 Å². The smallest absolute Gasteiger partial charge is 0.0814 e. The van der Waals surface area contributed by atoms with Gasteiger partial charge in [-0.2, -0.15) is 5.10 Å². The molecule has 0 amide bonds. The number of rotatable bonds is 4. The molecule has 5 heteroatoms. The second kappa shape index (κ2) is 5.43. The Morgan fingerprint density at radius 1 is 1.24 bits per heavy atom. The molecule has 2 rings (SSSR count). The molecule has 1 N–H and O–H groups in total. The van der Waals surface area contributed by atoms with Crippen LogP contribution < -0.4 is 5.32 Å². The molecule has 0 bridgehead atoms. The van der Waals surface area contributed by atoms with Crippen LogP contribution in [0.3, 0.4) is 0 Å². The van der Waals surface area contributed by atoms with Crippen molar-refractivity contribution in [3.05, 3.63) is 46.2 Å². The van der Waals surface area contributed by atoms with Crippen LogP contribution in [0.2, 0.25) is 10.0 Å². The predicted molar refractivity (Wildman–Crippen MR) is 71.9 cm³/mol. The summed E-state index contributed by atoms with van der Waals surface area (Å²) in [6.07, 6.45) is 1.83. The normalized spacial score (nSPS) is 10.5. The van der Waals surface area contributed by atoms with Crippen LogP contribution >= 0.6 is 23.2 Å². The molecule has 0 atom stereocenters. The van der Waals surface area contributed by atoms with E-state index in [1.807, 2.05) is 42.1 Å². The van der Waals surface area contributed by atoms with Gasteiger partial charge in [-0.25, -0.2) is 0 Å². The molecule has 0 fully saturated rings.